The second kappa shape index (κ2) is 2.26. The zero-order valence-electron chi connectivity index (χ0n) is 7.62. The van der Waals surface area contributed by atoms with Crippen molar-refractivity contribution in [2.45, 2.75) is 18.3 Å². The molecule has 1 fully saturated rings. The van der Waals surface area contributed by atoms with Crippen LogP contribution >= 0.6 is 0 Å². The van der Waals surface area contributed by atoms with Crippen molar-refractivity contribution in [3.05, 3.63) is 23.4 Å². The SMILES string of the molecule is Nc1ccc2c(n1)C1(CC1)COC2=O. The summed E-state index contributed by atoms with van der Waals surface area (Å²) >= 11 is 0. The van der Waals surface area contributed by atoms with Gasteiger partial charge in [0.15, 0.2) is 0 Å². The summed E-state index contributed by atoms with van der Waals surface area (Å²) in [4.78, 5) is 15.7. The molecule has 4 heteroatoms. The van der Waals surface area contributed by atoms with Crippen LogP contribution in [0.2, 0.25) is 0 Å². The summed E-state index contributed by atoms with van der Waals surface area (Å²) in [5, 5.41) is 0. The molecule has 2 aliphatic rings. The highest BCUT2D eigenvalue weighted by molar-refractivity contribution is 5.92. The van der Waals surface area contributed by atoms with E-state index in [9.17, 15) is 4.79 Å². The summed E-state index contributed by atoms with van der Waals surface area (Å²) < 4.78 is 5.10. The molecule has 1 saturated carbocycles. The molecule has 1 aromatic rings. The fraction of sp³-hybridized carbons (Fsp3) is 0.400. The van der Waals surface area contributed by atoms with Crippen LogP contribution in [0.1, 0.15) is 28.9 Å². The van der Waals surface area contributed by atoms with E-state index in [-0.39, 0.29) is 11.4 Å². The number of nitrogens with two attached hydrogens (primary N) is 1. The highest BCUT2D eigenvalue weighted by Gasteiger charge is 2.51. The third-order valence-electron chi connectivity index (χ3n) is 2.97. The minimum absolute atomic E-state index is 0.00137. The van der Waals surface area contributed by atoms with Crippen molar-refractivity contribution in [3.63, 3.8) is 0 Å². The Morgan fingerprint density at radius 3 is 2.93 bits per heavy atom. The molecule has 0 aromatic carbocycles. The number of anilines is 1. The number of aromatic nitrogens is 1. The Labute approximate surface area is 81.1 Å². The van der Waals surface area contributed by atoms with Crippen LogP contribution in [0.15, 0.2) is 12.1 Å². The minimum Gasteiger partial charge on any atom is -0.461 e. The predicted molar refractivity (Wildman–Crippen MR) is 49.8 cm³/mol. The number of nitrogen functional groups attached to an aromatic ring is 1. The lowest BCUT2D eigenvalue weighted by Gasteiger charge is -2.23. The highest BCUT2D eigenvalue weighted by Crippen LogP contribution is 2.50. The van der Waals surface area contributed by atoms with Crippen LogP contribution in [0, 0.1) is 0 Å². The average Bonchev–Trinajstić information content (AvgIpc) is 2.93. The maximum absolute atomic E-state index is 11.4. The molecule has 0 saturated heterocycles. The monoisotopic (exact) mass is 190 g/mol. The van der Waals surface area contributed by atoms with Crippen molar-refractivity contribution in [1.82, 2.24) is 4.98 Å². The lowest BCUT2D eigenvalue weighted by atomic mass is 9.95. The summed E-state index contributed by atoms with van der Waals surface area (Å²) in [5.41, 5.74) is 7.04. The summed E-state index contributed by atoms with van der Waals surface area (Å²) in [6, 6.07) is 3.35. The van der Waals surface area contributed by atoms with Gasteiger partial charge in [0, 0.05) is 5.41 Å². The Balaban J connectivity index is 2.22. The standard InChI is InChI=1S/C10H10N2O2/c11-7-2-1-6-8(12-7)10(3-4-10)5-14-9(6)13/h1-2H,3-5H2,(H2,11,12). The molecule has 2 N–H and O–H groups in total. The zero-order valence-corrected chi connectivity index (χ0v) is 7.62. The van der Waals surface area contributed by atoms with Gasteiger partial charge >= 0.3 is 5.97 Å². The van der Waals surface area contributed by atoms with Crippen LogP contribution in [0.4, 0.5) is 5.82 Å². The Morgan fingerprint density at radius 1 is 1.43 bits per heavy atom. The van der Waals surface area contributed by atoms with Crippen LogP contribution in [-0.2, 0) is 10.2 Å². The van der Waals surface area contributed by atoms with Crippen molar-refractivity contribution in [2.24, 2.45) is 0 Å². The molecule has 1 aliphatic carbocycles. The molecular formula is C10H10N2O2. The van der Waals surface area contributed by atoms with Gasteiger partial charge in [0.1, 0.15) is 12.4 Å². The largest absolute Gasteiger partial charge is 0.461 e. The van der Waals surface area contributed by atoms with Crippen LogP contribution in [0.3, 0.4) is 0 Å². The van der Waals surface area contributed by atoms with Crippen molar-refractivity contribution in [2.75, 3.05) is 12.3 Å². The smallest absolute Gasteiger partial charge is 0.340 e. The molecule has 0 amide bonds. The van der Waals surface area contributed by atoms with E-state index in [1.165, 1.54) is 0 Å². The number of hydrogen-bond donors (Lipinski definition) is 1. The summed E-state index contributed by atoms with van der Waals surface area (Å²) in [6.45, 7) is 0.468. The molecular weight excluding hydrogens is 180 g/mol. The summed E-state index contributed by atoms with van der Waals surface area (Å²) in [7, 11) is 0. The molecule has 3 rings (SSSR count). The molecule has 0 bridgehead atoms. The number of fused-ring (bicyclic) bond motifs is 2. The number of hydrogen-bond acceptors (Lipinski definition) is 4. The van der Waals surface area contributed by atoms with E-state index in [1.807, 2.05) is 0 Å². The van der Waals surface area contributed by atoms with Crippen molar-refractivity contribution in [1.29, 1.82) is 0 Å². The van der Waals surface area contributed by atoms with E-state index in [0.29, 0.717) is 18.0 Å². The third kappa shape index (κ3) is 0.880. The molecule has 1 aliphatic heterocycles. The number of ether oxygens (including phenoxy) is 1. The van der Waals surface area contributed by atoms with Crippen molar-refractivity contribution < 1.29 is 9.53 Å². The second-order valence-corrected chi connectivity index (χ2v) is 3.99. The Morgan fingerprint density at radius 2 is 2.21 bits per heavy atom. The maximum atomic E-state index is 11.4. The Hall–Kier alpha value is -1.58. The lowest BCUT2D eigenvalue weighted by Crippen LogP contribution is -2.29. The number of carbonyl (C=O) groups is 1. The molecule has 0 unspecified atom stereocenters. The molecule has 14 heavy (non-hydrogen) atoms. The van der Waals surface area contributed by atoms with Gasteiger partial charge in [-0.1, -0.05) is 0 Å². The minimum atomic E-state index is -0.273. The zero-order chi connectivity index (χ0) is 9.76. The first kappa shape index (κ1) is 7.79. The third-order valence-corrected chi connectivity index (χ3v) is 2.97. The van der Waals surface area contributed by atoms with Gasteiger partial charge < -0.3 is 10.5 Å². The first-order valence-electron chi connectivity index (χ1n) is 4.65. The highest BCUT2D eigenvalue weighted by atomic mass is 16.5. The van der Waals surface area contributed by atoms with Gasteiger partial charge in [-0.25, -0.2) is 9.78 Å². The van der Waals surface area contributed by atoms with E-state index in [1.54, 1.807) is 12.1 Å². The van der Waals surface area contributed by atoms with Crippen LogP contribution in [0.5, 0.6) is 0 Å². The Kier molecular flexibility index (Phi) is 1.26. The van der Waals surface area contributed by atoms with Crippen LogP contribution in [0.25, 0.3) is 0 Å². The number of cyclic esters (lactones) is 1. The van der Waals surface area contributed by atoms with Crippen molar-refractivity contribution in [3.8, 4) is 0 Å². The van der Waals surface area contributed by atoms with E-state index < -0.39 is 0 Å². The first-order chi connectivity index (χ1) is 6.71. The van der Waals surface area contributed by atoms with Crippen LogP contribution in [-0.4, -0.2) is 17.6 Å². The molecule has 0 radical (unpaired) electrons. The van der Waals surface area contributed by atoms with E-state index in [2.05, 4.69) is 4.98 Å². The number of nitrogens with zero attached hydrogens (tertiary/aromatic N) is 1. The number of esters is 1. The quantitative estimate of drug-likeness (QED) is 0.616. The summed E-state index contributed by atoms with van der Waals surface area (Å²) in [5.74, 6) is 0.203. The normalized spacial score (nSPS) is 21.6. The molecule has 1 aromatic heterocycles. The molecule has 4 nitrogen and oxygen atoms in total. The predicted octanol–water partition coefficient (Wildman–Crippen LogP) is 0.866. The second-order valence-electron chi connectivity index (χ2n) is 3.99. The topological polar surface area (TPSA) is 65.2 Å². The van der Waals surface area contributed by atoms with E-state index in [4.69, 9.17) is 10.5 Å². The van der Waals surface area contributed by atoms with Crippen LogP contribution < -0.4 is 5.73 Å². The summed E-state index contributed by atoms with van der Waals surface area (Å²) in [6.07, 6.45) is 2.09. The van der Waals surface area contributed by atoms with Gasteiger partial charge in [0.05, 0.1) is 11.3 Å². The van der Waals surface area contributed by atoms with E-state index >= 15 is 0 Å². The number of pyridine rings is 1. The Bertz CT molecular complexity index is 424. The van der Waals surface area contributed by atoms with Gasteiger partial charge in [0.2, 0.25) is 0 Å². The van der Waals surface area contributed by atoms with Gasteiger partial charge in [0.25, 0.3) is 0 Å². The van der Waals surface area contributed by atoms with Gasteiger partial charge in [-0.3, -0.25) is 0 Å². The fourth-order valence-electron chi connectivity index (χ4n) is 1.93. The molecule has 0 atom stereocenters. The number of rotatable bonds is 0. The number of carbonyl (C=O) groups excluding carboxylic acids is 1. The van der Waals surface area contributed by atoms with Gasteiger partial charge in [-0.15, -0.1) is 0 Å². The molecule has 1 spiro atoms. The maximum Gasteiger partial charge on any atom is 0.340 e. The molecule has 2 heterocycles. The molecule has 72 valence electrons. The average molecular weight is 190 g/mol. The van der Waals surface area contributed by atoms with Gasteiger partial charge in [-0.05, 0) is 25.0 Å². The lowest BCUT2D eigenvalue weighted by molar-refractivity contribution is 0.0418. The first-order valence-corrected chi connectivity index (χ1v) is 4.65. The van der Waals surface area contributed by atoms with Crippen molar-refractivity contribution >= 4 is 11.8 Å². The van der Waals surface area contributed by atoms with Gasteiger partial charge in [-0.2, -0.15) is 0 Å². The van der Waals surface area contributed by atoms with E-state index in [0.717, 1.165) is 18.5 Å². The fourth-order valence-corrected chi connectivity index (χ4v) is 1.93.